The van der Waals surface area contributed by atoms with E-state index < -0.39 is 8.80 Å². The van der Waals surface area contributed by atoms with Crippen molar-refractivity contribution in [2.24, 2.45) is 0 Å². The van der Waals surface area contributed by atoms with Gasteiger partial charge in [0.15, 0.2) is 0 Å². The van der Waals surface area contributed by atoms with E-state index >= 15 is 0 Å². The Bertz CT molecular complexity index is 120. The molecule has 0 N–H and O–H groups in total. The summed E-state index contributed by atoms with van der Waals surface area (Å²) >= 11 is 0. The Morgan fingerprint density at radius 2 is 1.70 bits per heavy atom. The molecule has 0 aliphatic heterocycles. The predicted octanol–water partition coefficient (Wildman–Crippen LogP) is 1.40. The number of hydrogen-bond acceptors (Lipinski definition) is 3. The fraction of sp³-hybridized carbons (Fsp3) is 0.667. The van der Waals surface area contributed by atoms with Crippen molar-refractivity contribution in [1.82, 2.24) is 0 Å². The molecule has 0 aliphatic rings. The normalized spacial score (nSPS) is 11.2. The van der Waals surface area contributed by atoms with Gasteiger partial charge in [0, 0.05) is 20.8 Å². The maximum Gasteiger partial charge on any atom is 0.561 e. The Kier molecular flexibility index (Phi) is 3.63. The summed E-state index contributed by atoms with van der Waals surface area (Å²) < 4.78 is 15.3. The van der Waals surface area contributed by atoms with Gasteiger partial charge in [-0.05, 0) is 6.92 Å². The Balaban J connectivity index is 3.92. The Morgan fingerprint density at radius 1 is 1.30 bits per heavy atom. The van der Waals surface area contributed by atoms with Crippen LogP contribution in [-0.4, -0.2) is 23.0 Å². The predicted molar refractivity (Wildman–Crippen MR) is 41.5 cm³/mol. The van der Waals surface area contributed by atoms with E-state index in [1.54, 1.807) is 21.1 Å². The molecule has 10 heavy (non-hydrogen) atoms. The van der Waals surface area contributed by atoms with Crippen LogP contribution in [0.1, 0.15) is 6.92 Å². The van der Waals surface area contributed by atoms with Gasteiger partial charge in [-0.25, -0.2) is 0 Å². The molecule has 0 aromatic heterocycles. The lowest BCUT2D eigenvalue weighted by atomic mass is 10.7. The largest absolute Gasteiger partial charge is 0.561 e. The fourth-order valence-electron chi connectivity index (χ4n) is 0.483. The second-order valence-corrected chi connectivity index (χ2v) is 4.82. The quantitative estimate of drug-likeness (QED) is 0.462. The lowest BCUT2D eigenvalue weighted by Crippen LogP contribution is -2.39. The lowest BCUT2D eigenvalue weighted by molar-refractivity contribution is 0.138. The highest BCUT2D eigenvalue weighted by Gasteiger charge is 2.33. The summed E-state index contributed by atoms with van der Waals surface area (Å²) in [4.78, 5) is 0. The molecule has 0 atom stereocenters. The molecular formula is C6H14O3Si. The first-order chi connectivity index (χ1) is 4.54. The molecule has 60 valence electrons. The van der Waals surface area contributed by atoms with Crippen LogP contribution in [0, 0.1) is 0 Å². The highest BCUT2D eigenvalue weighted by Crippen LogP contribution is 2.09. The number of rotatable bonds is 4. The zero-order chi connectivity index (χ0) is 8.20. The molecule has 0 saturated heterocycles. The average Bonchev–Trinajstić information content (AvgIpc) is 1.87. The van der Waals surface area contributed by atoms with E-state index in [2.05, 4.69) is 6.58 Å². The molecule has 0 amide bonds. The molecule has 0 radical (unpaired) electrons. The van der Waals surface area contributed by atoms with Crippen molar-refractivity contribution in [3.05, 3.63) is 12.3 Å². The van der Waals surface area contributed by atoms with E-state index in [-0.39, 0.29) is 0 Å². The smallest absolute Gasteiger partial charge is 0.506 e. The monoisotopic (exact) mass is 162 g/mol. The minimum absolute atomic E-state index is 0.623. The van der Waals surface area contributed by atoms with Gasteiger partial charge in [0.05, 0.1) is 5.76 Å². The van der Waals surface area contributed by atoms with E-state index in [4.69, 9.17) is 13.3 Å². The first-order valence-electron chi connectivity index (χ1n) is 2.99. The summed E-state index contributed by atoms with van der Waals surface area (Å²) in [6.45, 7) is 7.16. The molecule has 0 heterocycles. The SMILES string of the molecule is C=C(C)O[Si](C)(OC)OC. The molecule has 4 heteroatoms. The van der Waals surface area contributed by atoms with Gasteiger partial charge in [-0.15, -0.1) is 0 Å². The van der Waals surface area contributed by atoms with Crippen LogP contribution in [0.4, 0.5) is 0 Å². The van der Waals surface area contributed by atoms with Crippen LogP contribution in [0.15, 0.2) is 12.3 Å². The van der Waals surface area contributed by atoms with Gasteiger partial charge in [-0.3, -0.25) is 0 Å². The first-order valence-corrected chi connectivity index (χ1v) is 5.21. The third-order valence-corrected chi connectivity index (χ3v) is 3.30. The third kappa shape index (κ3) is 3.00. The van der Waals surface area contributed by atoms with E-state index in [0.29, 0.717) is 5.76 Å². The maximum atomic E-state index is 5.24. The summed E-state index contributed by atoms with van der Waals surface area (Å²) in [6, 6.07) is 0. The van der Waals surface area contributed by atoms with Crippen molar-refractivity contribution >= 4 is 8.80 Å². The number of hydrogen-bond donors (Lipinski definition) is 0. The topological polar surface area (TPSA) is 27.7 Å². The Labute approximate surface area is 63.0 Å². The van der Waals surface area contributed by atoms with Crippen molar-refractivity contribution in [2.75, 3.05) is 14.2 Å². The molecule has 3 nitrogen and oxygen atoms in total. The second kappa shape index (κ2) is 3.75. The average molecular weight is 162 g/mol. The van der Waals surface area contributed by atoms with Gasteiger partial charge in [-0.2, -0.15) is 0 Å². The highest BCUT2D eigenvalue weighted by molar-refractivity contribution is 6.59. The van der Waals surface area contributed by atoms with E-state index in [1.165, 1.54) is 0 Å². The van der Waals surface area contributed by atoms with Gasteiger partial charge >= 0.3 is 8.80 Å². The molecule has 0 aliphatic carbocycles. The van der Waals surface area contributed by atoms with Crippen molar-refractivity contribution in [3.8, 4) is 0 Å². The van der Waals surface area contributed by atoms with Crippen molar-refractivity contribution in [2.45, 2.75) is 13.5 Å². The van der Waals surface area contributed by atoms with Gasteiger partial charge in [0.2, 0.25) is 0 Å². The van der Waals surface area contributed by atoms with E-state index in [9.17, 15) is 0 Å². The van der Waals surface area contributed by atoms with Crippen LogP contribution < -0.4 is 0 Å². The summed E-state index contributed by atoms with van der Waals surface area (Å²) in [5.41, 5.74) is 0. The van der Waals surface area contributed by atoms with Crippen LogP contribution >= 0.6 is 0 Å². The number of allylic oxidation sites excluding steroid dienone is 1. The molecule has 0 aromatic rings. The molecule has 0 unspecified atom stereocenters. The minimum atomic E-state index is -2.36. The summed E-state index contributed by atoms with van der Waals surface area (Å²) in [5.74, 6) is 0.623. The van der Waals surface area contributed by atoms with Crippen molar-refractivity contribution < 1.29 is 13.3 Å². The molecule has 0 spiro atoms. The standard InChI is InChI=1S/C6H14O3Si/c1-6(2)9-10(5,7-3)8-4/h1H2,2-5H3. The fourth-order valence-corrected chi connectivity index (χ4v) is 1.45. The molecule has 0 bridgehead atoms. The molecule has 0 rings (SSSR count). The van der Waals surface area contributed by atoms with Crippen molar-refractivity contribution in [3.63, 3.8) is 0 Å². The van der Waals surface area contributed by atoms with Crippen LogP contribution in [-0.2, 0) is 13.3 Å². The molecule has 0 saturated carbocycles. The zero-order valence-corrected chi connectivity index (χ0v) is 7.93. The van der Waals surface area contributed by atoms with E-state index in [1.807, 2.05) is 6.55 Å². The van der Waals surface area contributed by atoms with Gasteiger partial charge in [0.25, 0.3) is 0 Å². The Morgan fingerprint density at radius 3 is 1.80 bits per heavy atom. The summed E-state index contributed by atoms with van der Waals surface area (Å²) in [7, 11) is 0.776. The van der Waals surface area contributed by atoms with Crippen LogP contribution in [0.2, 0.25) is 6.55 Å². The van der Waals surface area contributed by atoms with Crippen LogP contribution in [0.5, 0.6) is 0 Å². The maximum absolute atomic E-state index is 5.24. The minimum Gasteiger partial charge on any atom is -0.506 e. The Hall–Kier alpha value is -0.323. The van der Waals surface area contributed by atoms with Crippen LogP contribution in [0.3, 0.4) is 0 Å². The highest BCUT2D eigenvalue weighted by atomic mass is 28.4. The van der Waals surface area contributed by atoms with Gasteiger partial charge in [0.1, 0.15) is 0 Å². The third-order valence-electron chi connectivity index (χ3n) is 1.10. The zero-order valence-electron chi connectivity index (χ0n) is 6.93. The van der Waals surface area contributed by atoms with Gasteiger partial charge < -0.3 is 13.3 Å². The molecule has 0 fully saturated rings. The van der Waals surface area contributed by atoms with Gasteiger partial charge in [-0.1, -0.05) is 6.58 Å². The molecular weight excluding hydrogens is 148 g/mol. The van der Waals surface area contributed by atoms with E-state index in [0.717, 1.165) is 0 Å². The lowest BCUT2D eigenvalue weighted by Gasteiger charge is -2.22. The summed E-state index contributed by atoms with van der Waals surface area (Å²) in [5, 5.41) is 0. The van der Waals surface area contributed by atoms with Crippen molar-refractivity contribution in [1.29, 1.82) is 0 Å². The first kappa shape index (κ1) is 9.68. The molecule has 0 aromatic carbocycles. The second-order valence-electron chi connectivity index (χ2n) is 2.07. The van der Waals surface area contributed by atoms with Crippen LogP contribution in [0.25, 0.3) is 0 Å². The summed E-state index contributed by atoms with van der Waals surface area (Å²) in [6.07, 6.45) is 0.